The normalized spacial score (nSPS) is 11.9. The number of pyridine rings is 1. The van der Waals surface area contributed by atoms with Crippen molar-refractivity contribution in [2.75, 3.05) is 44.6 Å². The number of anilines is 1. The summed E-state index contributed by atoms with van der Waals surface area (Å²) in [5.74, 6) is 1.13. The molecule has 29 heavy (non-hydrogen) atoms. The molecule has 3 N–H and O–H groups in total. The standard InChI is InChI=1S/C19H31F3N6O/c1-4-23-18(26-13-10-17(29)28(5-2)6-3)25-12-7-11-24-16-9-8-15(14-27-16)19(20,21)22/h8-9,14H,4-7,10-13H2,1-3H3,(H,24,27)(H2,23,25,26). The molecule has 0 aliphatic rings. The zero-order chi connectivity index (χ0) is 21.7. The van der Waals surface area contributed by atoms with Crippen molar-refractivity contribution in [1.29, 1.82) is 0 Å². The number of guanidine groups is 1. The number of alkyl halides is 3. The molecule has 1 rings (SSSR count). The maximum absolute atomic E-state index is 12.5. The van der Waals surface area contributed by atoms with E-state index in [-0.39, 0.29) is 5.91 Å². The maximum Gasteiger partial charge on any atom is 0.417 e. The van der Waals surface area contributed by atoms with Crippen LogP contribution in [0.25, 0.3) is 0 Å². The number of amides is 1. The molecule has 0 bridgehead atoms. The van der Waals surface area contributed by atoms with Crippen molar-refractivity contribution in [3.63, 3.8) is 0 Å². The molecule has 0 aliphatic carbocycles. The Morgan fingerprint density at radius 1 is 1.14 bits per heavy atom. The van der Waals surface area contributed by atoms with Crippen LogP contribution >= 0.6 is 0 Å². The number of hydrogen-bond donors (Lipinski definition) is 3. The van der Waals surface area contributed by atoms with Gasteiger partial charge < -0.3 is 20.9 Å². The molecular formula is C19H31F3N6O. The van der Waals surface area contributed by atoms with Gasteiger partial charge in [-0.2, -0.15) is 13.2 Å². The van der Waals surface area contributed by atoms with Gasteiger partial charge in [0.15, 0.2) is 5.96 Å². The van der Waals surface area contributed by atoms with E-state index in [4.69, 9.17) is 0 Å². The van der Waals surface area contributed by atoms with Crippen molar-refractivity contribution in [3.05, 3.63) is 23.9 Å². The van der Waals surface area contributed by atoms with Crippen LogP contribution in [0.1, 0.15) is 39.2 Å². The van der Waals surface area contributed by atoms with E-state index in [1.54, 1.807) is 4.90 Å². The second kappa shape index (κ2) is 12.8. The van der Waals surface area contributed by atoms with E-state index in [2.05, 4.69) is 25.9 Å². The molecule has 7 nitrogen and oxygen atoms in total. The molecule has 1 heterocycles. The minimum atomic E-state index is -4.38. The lowest BCUT2D eigenvalue weighted by Gasteiger charge is -2.19. The van der Waals surface area contributed by atoms with Gasteiger partial charge in [0, 0.05) is 51.9 Å². The fourth-order valence-electron chi connectivity index (χ4n) is 2.52. The molecule has 0 radical (unpaired) electrons. The third kappa shape index (κ3) is 9.49. The van der Waals surface area contributed by atoms with Gasteiger partial charge in [0.1, 0.15) is 5.82 Å². The van der Waals surface area contributed by atoms with E-state index in [0.717, 1.165) is 12.3 Å². The van der Waals surface area contributed by atoms with E-state index in [1.165, 1.54) is 6.07 Å². The summed E-state index contributed by atoms with van der Waals surface area (Å²) in [7, 11) is 0. The minimum Gasteiger partial charge on any atom is -0.370 e. The fourth-order valence-corrected chi connectivity index (χ4v) is 2.52. The lowest BCUT2D eigenvalue weighted by atomic mass is 10.3. The van der Waals surface area contributed by atoms with Gasteiger partial charge in [-0.25, -0.2) is 4.98 Å². The van der Waals surface area contributed by atoms with Crippen LogP contribution in [0.3, 0.4) is 0 Å². The highest BCUT2D eigenvalue weighted by molar-refractivity contribution is 5.81. The maximum atomic E-state index is 12.5. The van der Waals surface area contributed by atoms with Crippen molar-refractivity contribution < 1.29 is 18.0 Å². The van der Waals surface area contributed by atoms with Crippen LogP contribution in [-0.2, 0) is 11.0 Å². The average molecular weight is 416 g/mol. The van der Waals surface area contributed by atoms with Gasteiger partial charge in [0.05, 0.1) is 5.56 Å². The number of hydrogen-bond acceptors (Lipinski definition) is 4. The van der Waals surface area contributed by atoms with Gasteiger partial charge in [-0.3, -0.25) is 9.79 Å². The van der Waals surface area contributed by atoms with Gasteiger partial charge >= 0.3 is 6.18 Å². The van der Waals surface area contributed by atoms with Crippen LogP contribution in [0, 0.1) is 0 Å². The summed E-state index contributed by atoms with van der Waals surface area (Å²) in [5.41, 5.74) is -0.770. The molecule has 0 spiro atoms. The molecule has 0 saturated carbocycles. The first-order valence-corrected chi connectivity index (χ1v) is 9.88. The van der Waals surface area contributed by atoms with Crippen LogP contribution < -0.4 is 16.0 Å². The van der Waals surface area contributed by atoms with Crippen molar-refractivity contribution in [2.45, 2.75) is 39.8 Å². The van der Waals surface area contributed by atoms with Crippen LogP contribution in [0.15, 0.2) is 23.3 Å². The average Bonchev–Trinajstić information content (AvgIpc) is 2.68. The van der Waals surface area contributed by atoms with Crippen molar-refractivity contribution >= 4 is 17.7 Å². The predicted octanol–water partition coefficient (Wildman–Crippen LogP) is 2.72. The SMILES string of the molecule is CCNC(=NCCCNc1ccc(C(F)(F)F)cn1)NCCC(=O)N(CC)CC. The molecule has 0 aliphatic heterocycles. The van der Waals surface area contributed by atoms with Gasteiger partial charge in [-0.05, 0) is 39.3 Å². The summed E-state index contributed by atoms with van der Waals surface area (Å²) in [6.07, 6.45) is -2.50. The molecule has 0 atom stereocenters. The Morgan fingerprint density at radius 2 is 1.86 bits per heavy atom. The van der Waals surface area contributed by atoms with E-state index >= 15 is 0 Å². The topological polar surface area (TPSA) is 81.6 Å². The third-order valence-electron chi connectivity index (χ3n) is 4.09. The van der Waals surface area contributed by atoms with Gasteiger partial charge in [0.2, 0.25) is 5.91 Å². The largest absolute Gasteiger partial charge is 0.417 e. The van der Waals surface area contributed by atoms with Crippen LogP contribution in [0.5, 0.6) is 0 Å². The fraction of sp³-hybridized carbons (Fsp3) is 0.632. The zero-order valence-corrected chi connectivity index (χ0v) is 17.3. The van der Waals surface area contributed by atoms with E-state index < -0.39 is 11.7 Å². The van der Waals surface area contributed by atoms with Crippen molar-refractivity contribution in [1.82, 2.24) is 20.5 Å². The summed E-state index contributed by atoms with van der Waals surface area (Å²) in [4.78, 5) is 22.0. The molecule has 10 heteroatoms. The van der Waals surface area contributed by atoms with E-state index in [9.17, 15) is 18.0 Å². The van der Waals surface area contributed by atoms with Crippen molar-refractivity contribution in [2.24, 2.45) is 4.99 Å². The molecule has 0 fully saturated rings. The Bertz CT molecular complexity index is 630. The Labute approximate surface area is 170 Å². The molecule has 1 amide bonds. The van der Waals surface area contributed by atoms with Crippen LogP contribution in [-0.4, -0.2) is 61.0 Å². The Morgan fingerprint density at radius 3 is 2.41 bits per heavy atom. The van der Waals surface area contributed by atoms with Crippen molar-refractivity contribution in [3.8, 4) is 0 Å². The highest BCUT2D eigenvalue weighted by Crippen LogP contribution is 2.28. The second-order valence-corrected chi connectivity index (χ2v) is 6.21. The number of rotatable bonds is 11. The first kappa shape index (κ1) is 24.5. The summed E-state index contributed by atoms with van der Waals surface area (Å²) in [6, 6.07) is 2.31. The summed E-state index contributed by atoms with van der Waals surface area (Å²) >= 11 is 0. The molecule has 1 aromatic rings. The van der Waals surface area contributed by atoms with Gasteiger partial charge in [-0.1, -0.05) is 0 Å². The summed E-state index contributed by atoms with van der Waals surface area (Å²) in [5, 5.41) is 9.23. The number of halogens is 3. The quantitative estimate of drug-likeness (QED) is 0.294. The monoisotopic (exact) mass is 416 g/mol. The molecule has 164 valence electrons. The predicted molar refractivity (Wildman–Crippen MR) is 109 cm³/mol. The van der Waals surface area contributed by atoms with E-state index in [0.29, 0.717) is 63.9 Å². The smallest absolute Gasteiger partial charge is 0.370 e. The first-order valence-electron chi connectivity index (χ1n) is 9.88. The second-order valence-electron chi connectivity index (χ2n) is 6.21. The summed E-state index contributed by atoms with van der Waals surface area (Å²) in [6.45, 7) is 9.50. The van der Waals surface area contributed by atoms with E-state index in [1.807, 2.05) is 20.8 Å². The zero-order valence-electron chi connectivity index (χ0n) is 17.3. The molecule has 1 aromatic heterocycles. The van der Waals surface area contributed by atoms with Gasteiger partial charge in [-0.15, -0.1) is 0 Å². The molecule has 0 saturated heterocycles. The molecule has 0 aromatic carbocycles. The highest BCUT2D eigenvalue weighted by Gasteiger charge is 2.30. The lowest BCUT2D eigenvalue weighted by molar-refractivity contribution is -0.137. The third-order valence-corrected chi connectivity index (χ3v) is 4.09. The van der Waals surface area contributed by atoms with Gasteiger partial charge in [0.25, 0.3) is 0 Å². The summed E-state index contributed by atoms with van der Waals surface area (Å²) < 4.78 is 37.5. The number of carbonyl (C=O) groups excluding carboxylic acids is 1. The number of nitrogens with zero attached hydrogens (tertiary/aromatic N) is 3. The number of nitrogens with one attached hydrogen (secondary N) is 3. The minimum absolute atomic E-state index is 0.103. The Balaban J connectivity index is 2.35. The Hall–Kier alpha value is -2.52. The first-order chi connectivity index (χ1) is 13.8. The number of carbonyl (C=O) groups is 1. The number of aliphatic imine (C=N–C) groups is 1. The molecular weight excluding hydrogens is 385 g/mol. The molecule has 0 unspecified atom stereocenters. The van der Waals surface area contributed by atoms with Crippen LogP contribution in [0.4, 0.5) is 19.0 Å². The highest BCUT2D eigenvalue weighted by atomic mass is 19.4. The number of aromatic nitrogens is 1. The Kier molecular flexibility index (Phi) is 10.9. The van der Waals surface area contributed by atoms with Crippen LogP contribution in [0.2, 0.25) is 0 Å². The lowest BCUT2D eigenvalue weighted by Crippen LogP contribution is -2.40.